The van der Waals surface area contributed by atoms with E-state index in [2.05, 4.69) is 47.4 Å². The minimum atomic E-state index is -0.410. The van der Waals surface area contributed by atoms with E-state index in [-0.39, 0.29) is 0 Å². The molecule has 2 heteroatoms. The molecule has 0 bridgehead atoms. The number of hydrogen-bond donors (Lipinski definition) is 1. The maximum Gasteiger partial charge on any atom is 0.0799 e. The summed E-state index contributed by atoms with van der Waals surface area (Å²) in [5.74, 6) is 0. The van der Waals surface area contributed by atoms with Gasteiger partial charge in [-0.15, -0.1) is 0 Å². The zero-order valence-corrected chi connectivity index (χ0v) is 11.7. The molecule has 2 rings (SSSR count). The second-order valence-corrected chi connectivity index (χ2v) is 5.67. The molecule has 0 aromatic heterocycles. The SMILES string of the molecule is C=C(I)CCC(O)c1cccc2ccccc12. The van der Waals surface area contributed by atoms with Crippen molar-refractivity contribution in [1.82, 2.24) is 0 Å². The van der Waals surface area contributed by atoms with Gasteiger partial charge in [-0.25, -0.2) is 0 Å². The number of allylic oxidation sites excluding steroid dienone is 1. The minimum absolute atomic E-state index is 0.410. The first kappa shape index (κ1) is 12.6. The number of hydrogen-bond acceptors (Lipinski definition) is 1. The molecular formula is C15H15IO. The Kier molecular flexibility index (Phi) is 4.18. The van der Waals surface area contributed by atoms with Crippen molar-refractivity contribution in [3.05, 3.63) is 58.2 Å². The van der Waals surface area contributed by atoms with Gasteiger partial charge in [0.05, 0.1) is 6.10 Å². The highest BCUT2D eigenvalue weighted by molar-refractivity contribution is 14.1. The van der Waals surface area contributed by atoms with Crippen LogP contribution < -0.4 is 0 Å². The van der Waals surface area contributed by atoms with Gasteiger partial charge in [-0.3, -0.25) is 0 Å². The normalized spacial score (nSPS) is 12.6. The molecule has 0 amide bonds. The second-order valence-electron chi connectivity index (χ2n) is 4.14. The third kappa shape index (κ3) is 3.07. The zero-order valence-electron chi connectivity index (χ0n) is 9.57. The van der Waals surface area contributed by atoms with Crippen molar-refractivity contribution in [3.8, 4) is 0 Å². The molecule has 0 fully saturated rings. The maximum atomic E-state index is 10.2. The number of rotatable bonds is 4. The average molecular weight is 338 g/mol. The molecule has 1 N–H and O–H groups in total. The molecule has 0 aliphatic carbocycles. The molecule has 0 saturated heterocycles. The lowest BCUT2D eigenvalue weighted by Crippen LogP contribution is -1.98. The molecule has 2 aromatic rings. The van der Waals surface area contributed by atoms with E-state index in [1.165, 1.54) is 5.39 Å². The molecule has 88 valence electrons. The van der Waals surface area contributed by atoms with Gasteiger partial charge in [0, 0.05) is 0 Å². The van der Waals surface area contributed by atoms with Gasteiger partial charge in [-0.2, -0.15) is 0 Å². The van der Waals surface area contributed by atoms with Crippen LogP contribution in [0.4, 0.5) is 0 Å². The van der Waals surface area contributed by atoms with Gasteiger partial charge in [-0.05, 0) is 55.3 Å². The van der Waals surface area contributed by atoms with Crippen molar-refractivity contribution < 1.29 is 5.11 Å². The fourth-order valence-corrected chi connectivity index (χ4v) is 2.30. The Morgan fingerprint density at radius 1 is 1.18 bits per heavy atom. The Labute approximate surface area is 115 Å². The van der Waals surface area contributed by atoms with Crippen LogP contribution in [0.25, 0.3) is 10.8 Å². The zero-order chi connectivity index (χ0) is 12.3. The average Bonchev–Trinajstić information content (AvgIpc) is 2.35. The van der Waals surface area contributed by atoms with E-state index < -0.39 is 6.10 Å². The molecule has 1 atom stereocenters. The van der Waals surface area contributed by atoms with Crippen LogP contribution in [0.1, 0.15) is 24.5 Å². The van der Waals surface area contributed by atoms with Crippen LogP contribution in [0.3, 0.4) is 0 Å². The van der Waals surface area contributed by atoms with Crippen LogP contribution in [0.15, 0.2) is 52.6 Å². The van der Waals surface area contributed by atoms with Crippen LogP contribution >= 0.6 is 22.6 Å². The lowest BCUT2D eigenvalue weighted by molar-refractivity contribution is 0.170. The van der Waals surface area contributed by atoms with E-state index in [1.54, 1.807) is 0 Å². The van der Waals surface area contributed by atoms with Crippen molar-refractivity contribution >= 4 is 33.4 Å². The first-order chi connectivity index (χ1) is 8.18. The molecular weight excluding hydrogens is 323 g/mol. The number of fused-ring (bicyclic) bond motifs is 1. The lowest BCUT2D eigenvalue weighted by atomic mass is 9.98. The van der Waals surface area contributed by atoms with Gasteiger partial charge in [0.2, 0.25) is 0 Å². The molecule has 0 aliphatic rings. The van der Waals surface area contributed by atoms with E-state index in [9.17, 15) is 5.11 Å². The van der Waals surface area contributed by atoms with Gasteiger partial charge < -0.3 is 5.11 Å². The van der Waals surface area contributed by atoms with Crippen LogP contribution in [0.5, 0.6) is 0 Å². The highest BCUT2D eigenvalue weighted by Crippen LogP contribution is 2.28. The first-order valence-corrected chi connectivity index (χ1v) is 6.75. The van der Waals surface area contributed by atoms with Crippen molar-refractivity contribution in [2.24, 2.45) is 0 Å². The quantitative estimate of drug-likeness (QED) is 0.808. The monoisotopic (exact) mass is 338 g/mol. The Balaban J connectivity index is 2.31. The van der Waals surface area contributed by atoms with E-state index in [0.717, 1.165) is 27.4 Å². The molecule has 1 nitrogen and oxygen atoms in total. The molecule has 0 radical (unpaired) electrons. The number of aliphatic hydroxyl groups excluding tert-OH is 1. The molecule has 0 spiro atoms. The van der Waals surface area contributed by atoms with E-state index in [4.69, 9.17) is 0 Å². The van der Waals surface area contributed by atoms with Gasteiger partial charge in [-0.1, -0.05) is 49.0 Å². The molecule has 1 unspecified atom stereocenters. The van der Waals surface area contributed by atoms with Crippen LogP contribution in [0.2, 0.25) is 0 Å². The van der Waals surface area contributed by atoms with Gasteiger partial charge in [0.25, 0.3) is 0 Å². The number of benzene rings is 2. The van der Waals surface area contributed by atoms with Gasteiger partial charge in [0.15, 0.2) is 0 Å². The molecule has 0 aliphatic heterocycles. The fourth-order valence-electron chi connectivity index (χ4n) is 1.99. The minimum Gasteiger partial charge on any atom is -0.388 e. The van der Waals surface area contributed by atoms with Crippen molar-refractivity contribution in [2.75, 3.05) is 0 Å². The van der Waals surface area contributed by atoms with E-state index in [1.807, 2.05) is 24.3 Å². The van der Waals surface area contributed by atoms with Crippen LogP contribution in [0, 0.1) is 0 Å². The largest absolute Gasteiger partial charge is 0.388 e. The molecule has 0 saturated carbocycles. The smallest absolute Gasteiger partial charge is 0.0799 e. The molecule has 0 heterocycles. The van der Waals surface area contributed by atoms with E-state index >= 15 is 0 Å². The number of aliphatic hydroxyl groups is 1. The lowest BCUT2D eigenvalue weighted by Gasteiger charge is -2.13. The summed E-state index contributed by atoms with van der Waals surface area (Å²) in [6, 6.07) is 14.2. The summed E-state index contributed by atoms with van der Waals surface area (Å²) >= 11 is 2.21. The Bertz CT molecular complexity index is 528. The summed E-state index contributed by atoms with van der Waals surface area (Å²) in [6.07, 6.45) is 1.17. The maximum absolute atomic E-state index is 10.2. The Morgan fingerprint density at radius 2 is 1.88 bits per heavy atom. The standard InChI is InChI=1S/C15H15IO/c1-11(16)9-10-15(17)14-8-4-6-12-5-2-3-7-13(12)14/h2-8,15,17H,1,9-10H2. The summed E-state index contributed by atoms with van der Waals surface area (Å²) < 4.78 is 1.09. The summed E-state index contributed by atoms with van der Waals surface area (Å²) in [5.41, 5.74) is 1.01. The second kappa shape index (κ2) is 5.65. The van der Waals surface area contributed by atoms with Crippen LogP contribution in [-0.4, -0.2) is 5.11 Å². The third-order valence-electron chi connectivity index (χ3n) is 2.87. The number of halogens is 1. The summed E-state index contributed by atoms with van der Waals surface area (Å²) in [5, 5.41) is 12.5. The Morgan fingerprint density at radius 3 is 2.65 bits per heavy atom. The highest BCUT2D eigenvalue weighted by atomic mass is 127. The van der Waals surface area contributed by atoms with Crippen molar-refractivity contribution in [1.29, 1.82) is 0 Å². The summed E-state index contributed by atoms with van der Waals surface area (Å²) in [7, 11) is 0. The first-order valence-electron chi connectivity index (χ1n) is 5.67. The molecule has 2 aromatic carbocycles. The van der Waals surface area contributed by atoms with Crippen LogP contribution in [-0.2, 0) is 0 Å². The van der Waals surface area contributed by atoms with Gasteiger partial charge in [0.1, 0.15) is 0 Å². The van der Waals surface area contributed by atoms with Crippen molar-refractivity contribution in [2.45, 2.75) is 18.9 Å². The highest BCUT2D eigenvalue weighted by Gasteiger charge is 2.10. The predicted octanol–water partition coefficient (Wildman–Crippen LogP) is 4.60. The molecule has 17 heavy (non-hydrogen) atoms. The topological polar surface area (TPSA) is 20.2 Å². The Hall–Kier alpha value is -0.870. The fraction of sp³-hybridized carbons (Fsp3) is 0.200. The predicted molar refractivity (Wildman–Crippen MR) is 81.3 cm³/mol. The van der Waals surface area contributed by atoms with Crippen molar-refractivity contribution in [3.63, 3.8) is 0 Å². The summed E-state index contributed by atoms with van der Waals surface area (Å²) in [6.45, 7) is 3.86. The van der Waals surface area contributed by atoms with E-state index in [0.29, 0.717) is 0 Å². The van der Waals surface area contributed by atoms with Gasteiger partial charge >= 0.3 is 0 Å². The third-order valence-corrected chi connectivity index (χ3v) is 3.41. The summed E-state index contributed by atoms with van der Waals surface area (Å²) in [4.78, 5) is 0.